The number of anilines is 2. The summed E-state index contributed by atoms with van der Waals surface area (Å²) in [6, 6.07) is 10.0. The molecule has 2 aliphatic heterocycles. The van der Waals surface area contributed by atoms with E-state index < -0.39 is 0 Å². The third-order valence-electron chi connectivity index (χ3n) is 7.27. The number of nitrogens with one attached hydrogen (secondary N) is 1. The molecule has 3 aromatic rings. The Hall–Kier alpha value is -3.95. The van der Waals surface area contributed by atoms with E-state index in [0.29, 0.717) is 19.0 Å². The summed E-state index contributed by atoms with van der Waals surface area (Å²) in [5.41, 5.74) is 5.02. The van der Waals surface area contributed by atoms with Gasteiger partial charge in [0.05, 0.1) is 5.69 Å². The molecule has 4 heterocycles. The van der Waals surface area contributed by atoms with E-state index in [2.05, 4.69) is 37.4 Å². The first-order valence-corrected chi connectivity index (χ1v) is 12.9. The van der Waals surface area contributed by atoms with Gasteiger partial charge in [0.15, 0.2) is 0 Å². The number of nitrogens with zero attached hydrogens (tertiary/aromatic N) is 7. The van der Waals surface area contributed by atoms with Crippen LogP contribution < -0.4 is 15.1 Å². The number of carbonyl (C=O) groups excluding carboxylic acids is 2. The molecule has 2 saturated heterocycles. The van der Waals surface area contributed by atoms with Crippen molar-refractivity contribution in [2.75, 3.05) is 49.6 Å². The predicted octanol–water partition coefficient (Wildman–Crippen LogP) is 2.02. The molecular formula is C27H34N8O2. The fourth-order valence-corrected chi connectivity index (χ4v) is 5.31. The molecule has 5 rings (SSSR count). The first kappa shape index (κ1) is 24.7. The number of likely N-dealkylation sites (N-methyl/N-ethyl adjacent to an activating group) is 1. The van der Waals surface area contributed by atoms with Gasteiger partial charge in [-0.3, -0.25) is 14.3 Å². The average Bonchev–Trinajstić information content (AvgIpc) is 3.54. The molecule has 2 aromatic heterocycles. The van der Waals surface area contributed by atoms with Gasteiger partial charge in [0.25, 0.3) is 0 Å². The maximum atomic E-state index is 12.9. The fraction of sp³-hybridized carbons (Fsp3) is 0.444. The number of amides is 2. The first-order chi connectivity index (χ1) is 17.9. The lowest BCUT2D eigenvalue weighted by Crippen LogP contribution is -2.49. The molecule has 1 atom stereocenters. The molecule has 2 fully saturated rings. The van der Waals surface area contributed by atoms with Crippen LogP contribution in [0, 0.1) is 13.8 Å². The van der Waals surface area contributed by atoms with Crippen LogP contribution in [0.5, 0.6) is 0 Å². The summed E-state index contributed by atoms with van der Waals surface area (Å²) in [5, 5.41) is 7.17. The average molecular weight is 503 g/mol. The van der Waals surface area contributed by atoms with Crippen LogP contribution >= 0.6 is 0 Å². The van der Waals surface area contributed by atoms with E-state index in [1.807, 2.05) is 54.2 Å². The zero-order valence-corrected chi connectivity index (χ0v) is 21.7. The van der Waals surface area contributed by atoms with E-state index in [1.54, 1.807) is 11.7 Å². The van der Waals surface area contributed by atoms with E-state index >= 15 is 0 Å². The number of rotatable bonds is 6. The van der Waals surface area contributed by atoms with Crippen molar-refractivity contribution in [2.24, 2.45) is 0 Å². The van der Waals surface area contributed by atoms with Gasteiger partial charge in [-0.15, -0.1) is 0 Å². The normalized spacial score (nSPS) is 17.8. The van der Waals surface area contributed by atoms with Gasteiger partial charge in [0.2, 0.25) is 17.8 Å². The van der Waals surface area contributed by atoms with Crippen LogP contribution in [0.15, 0.2) is 42.7 Å². The molecule has 0 spiro atoms. The van der Waals surface area contributed by atoms with Gasteiger partial charge in [-0.05, 0) is 38.8 Å². The Labute approximate surface area is 217 Å². The molecule has 194 valence electrons. The second kappa shape index (κ2) is 10.6. The van der Waals surface area contributed by atoms with Gasteiger partial charge in [-0.1, -0.05) is 18.2 Å². The Morgan fingerprint density at radius 3 is 2.43 bits per heavy atom. The van der Waals surface area contributed by atoms with Crippen molar-refractivity contribution < 1.29 is 9.59 Å². The van der Waals surface area contributed by atoms with E-state index in [1.165, 1.54) is 0 Å². The van der Waals surface area contributed by atoms with Crippen LogP contribution in [-0.4, -0.2) is 82.3 Å². The summed E-state index contributed by atoms with van der Waals surface area (Å²) in [4.78, 5) is 40.6. The topological polar surface area (TPSA) is 99.5 Å². The van der Waals surface area contributed by atoms with Crippen molar-refractivity contribution in [3.05, 3.63) is 54.1 Å². The predicted molar refractivity (Wildman–Crippen MR) is 142 cm³/mol. The molecule has 10 nitrogen and oxygen atoms in total. The Morgan fingerprint density at radius 1 is 1.03 bits per heavy atom. The van der Waals surface area contributed by atoms with E-state index in [4.69, 9.17) is 0 Å². The number of carbonyl (C=O) groups is 2. The van der Waals surface area contributed by atoms with Crippen LogP contribution in [0.4, 0.5) is 11.6 Å². The highest BCUT2D eigenvalue weighted by atomic mass is 16.2. The molecule has 0 aliphatic carbocycles. The molecule has 37 heavy (non-hydrogen) atoms. The largest absolute Gasteiger partial charge is 0.367 e. The Kier molecular flexibility index (Phi) is 7.07. The van der Waals surface area contributed by atoms with Crippen molar-refractivity contribution in [1.29, 1.82) is 0 Å². The van der Waals surface area contributed by atoms with Gasteiger partial charge in [-0.25, -0.2) is 9.97 Å². The summed E-state index contributed by atoms with van der Waals surface area (Å²) in [6.07, 6.45) is 5.44. The van der Waals surface area contributed by atoms with E-state index in [-0.39, 0.29) is 24.4 Å². The zero-order valence-electron chi connectivity index (χ0n) is 21.7. The smallest absolute Gasteiger partial charge is 0.244 e. The number of aryl methyl sites for hydroxylation is 2. The van der Waals surface area contributed by atoms with Crippen molar-refractivity contribution >= 4 is 23.5 Å². The standard InChI is InChI=1S/C27H34N8O2/c1-19-15-20(2)35(31-19)18-25(36)33-13-11-32(12-14-33)23-8-5-4-7-22(23)21-16-29-27(30-17-21)34-10-6-9-24(34)26(37)28-3/h4-5,7-8,15-17,24H,6,9-14,18H2,1-3H3,(H,28,37). The lowest BCUT2D eigenvalue weighted by Gasteiger charge is -2.37. The van der Waals surface area contributed by atoms with Gasteiger partial charge >= 0.3 is 0 Å². The fourth-order valence-electron chi connectivity index (χ4n) is 5.31. The monoisotopic (exact) mass is 502 g/mol. The Bertz CT molecular complexity index is 1260. The summed E-state index contributed by atoms with van der Waals surface area (Å²) in [6.45, 7) is 7.80. The lowest BCUT2D eigenvalue weighted by molar-refractivity contribution is -0.132. The van der Waals surface area contributed by atoms with Gasteiger partial charge in [0.1, 0.15) is 12.6 Å². The van der Waals surface area contributed by atoms with Crippen molar-refractivity contribution in [3.8, 4) is 11.1 Å². The third kappa shape index (κ3) is 5.14. The van der Waals surface area contributed by atoms with Crippen LogP contribution in [0.3, 0.4) is 0 Å². The molecule has 0 radical (unpaired) electrons. The van der Waals surface area contributed by atoms with E-state index in [0.717, 1.165) is 60.7 Å². The van der Waals surface area contributed by atoms with Crippen LogP contribution in [0.25, 0.3) is 11.1 Å². The molecule has 2 aliphatic rings. The molecule has 1 aromatic carbocycles. The summed E-state index contributed by atoms with van der Waals surface area (Å²) >= 11 is 0. The summed E-state index contributed by atoms with van der Waals surface area (Å²) in [7, 11) is 1.66. The van der Waals surface area contributed by atoms with Crippen LogP contribution in [0.2, 0.25) is 0 Å². The summed E-state index contributed by atoms with van der Waals surface area (Å²) in [5.74, 6) is 0.685. The maximum absolute atomic E-state index is 12.9. The van der Waals surface area contributed by atoms with Crippen molar-refractivity contribution in [2.45, 2.75) is 39.3 Å². The number of piperazine rings is 1. The number of aromatic nitrogens is 4. The SMILES string of the molecule is CNC(=O)C1CCCN1c1ncc(-c2ccccc2N2CCN(C(=O)Cn3nc(C)cc3C)CC2)cn1. The van der Waals surface area contributed by atoms with Crippen molar-refractivity contribution in [1.82, 2.24) is 30.0 Å². The van der Waals surface area contributed by atoms with Gasteiger partial charge < -0.3 is 20.0 Å². The summed E-state index contributed by atoms with van der Waals surface area (Å²) < 4.78 is 1.78. The maximum Gasteiger partial charge on any atom is 0.244 e. The second-order valence-corrected chi connectivity index (χ2v) is 9.71. The Morgan fingerprint density at radius 2 is 1.76 bits per heavy atom. The zero-order chi connectivity index (χ0) is 25.9. The highest BCUT2D eigenvalue weighted by Gasteiger charge is 2.32. The molecule has 1 N–H and O–H groups in total. The minimum Gasteiger partial charge on any atom is -0.367 e. The minimum atomic E-state index is -0.219. The molecule has 1 unspecified atom stereocenters. The van der Waals surface area contributed by atoms with Crippen LogP contribution in [-0.2, 0) is 16.1 Å². The van der Waals surface area contributed by atoms with Gasteiger partial charge in [-0.2, -0.15) is 5.10 Å². The molecule has 0 bridgehead atoms. The molecule has 10 heteroatoms. The van der Waals surface area contributed by atoms with E-state index in [9.17, 15) is 9.59 Å². The molecule has 0 saturated carbocycles. The minimum absolute atomic E-state index is 0.00279. The van der Waals surface area contributed by atoms with Gasteiger partial charge in [0, 0.05) is 74.7 Å². The number of hydrogen-bond acceptors (Lipinski definition) is 7. The van der Waals surface area contributed by atoms with Crippen molar-refractivity contribution in [3.63, 3.8) is 0 Å². The highest BCUT2D eigenvalue weighted by Crippen LogP contribution is 2.32. The number of benzene rings is 1. The number of hydrogen-bond donors (Lipinski definition) is 1. The second-order valence-electron chi connectivity index (χ2n) is 9.71. The lowest BCUT2D eigenvalue weighted by atomic mass is 10.1. The van der Waals surface area contributed by atoms with Crippen LogP contribution in [0.1, 0.15) is 24.2 Å². The Balaban J connectivity index is 1.26. The first-order valence-electron chi connectivity index (χ1n) is 12.9. The highest BCUT2D eigenvalue weighted by molar-refractivity contribution is 5.85. The number of para-hydroxylation sites is 1. The third-order valence-corrected chi connectivity index (χ3v) is 7.27. The quantitative estimate of drug-likeness (QED) is 0.551. The molecule has 2 amide bonds. The molecular weight excluding hydrogens is 468 g/mol.